The normalized spacial score (nSPS) is 13.2. The van der Waals surface area contributed by atoms with Gasteiger partial charge >= 0.3 is 5.97 Å². The Labute approximate surface area is 190 Å². The number of ketones is 1. The van der Waals surface area contributed by atoms with Gasteiger partial charge in [0, 0.05) is 0 Å². The van der Waals surface area contributed by atoms with Crippen LogP contribution >= 0.6 is 0 Å². The van der Waals surface area contributed by atoms with E-state index in [1.165, 1.54) is 14.0 Å². The molecule has 0 saturated carbocycles. The first-order valence-corrected chi connectivity index (χ1v) is 10.1. The second kappa shape index (κ2) is 13.6. The molecule has 12 nitrogen and oxygen atoms in total. The van der Waals surface area contributed by atoms with Crippen molar-refractivity contribution >= 4 is 35.4 Å². The molecule has 0 bridgehead atoms. The Morgan fingerprint density at radius 2 is 1.55 bits per heavy atom. The molecule has 1 rings (SSSR count). The molecule has 33 heavy (non-hydrogen) atoms. The van der Waals surface area contributed by atoms with Crippen molar-refractivity contribution in [3.8, 4) is 0 Å². The fraction of sp³-hybridized carbons (Fsp3) is 0.429. The van der Waals surface area contributed by atoms with Crippen molar-refractivity contribution in [2.75, 3.05) is 13.6 Å². The number of likely N-dealkylation sites (N-methyl/N-ethyl adjacent to an activating group) is 1. The maximum atomic E-state index is 12.6. The van der Waals surface area contributed by atoms with Crippen molar-refractivity contribution in [2.24, 2.45) is 5.73 Å². The molecule has 0 aliphatic carbocycles. The van der Waals surface area contributed by atoms with Gasteiger partial charge in [0.05, 0.1) is 31.5 Å². The fourth-order valence-corrected chi connectivity index (χ4v) is 2.87. The average molecular weight is 463 g/mol. The minimum atomic E-state index is -1.48. The number of primary amides is 1. The fourth-order valence-electron chi connectivity index (χ4n) is 2.87. The molecule has 0 aliphatic heterocycles. The summed E-state index contributed by atoms with van der Waals surface area (Å²) in [6, 6.07) is 5.55. The number of hydrogen-bond donors (Lipinski definition) is 6. The summed E-state index contributed by atoms with van der Waals surface area (Å²) >= 11 is 0. The predicted octanol–water partition coefficient (Wildman–Crippen LogP) is -2.16. The van der Waals surface area contributed by atoms with E-state index in [1.54, 1.807) is 30.3 Å². The maximum absolute atomic E-state index is 12.6. The third kappa shape index (κ3) is 10.4. The molecule has 0 spiro atoms. The van der Waals surface area contributed by atoms with Crippen LogP contribution in [0.2, 0.25) is 0 Å². The lowest BCUT2D eigenvalue weighted by Gasteiger charge is -2.22. The van der Waals surface area contributed by atoms with E-state index in [2.05, 4.69) is 21.3 Å². The smallest absolute Gasteiger partial charge is 0.305 e. The average Bonchev–Trinajstić information content (AvgIpc) is 2.75. The van der Waals surface area contributed by atoms with Crippen LogP contribution in [-0.4, -0.2) is 72.2 Å². The molecule has 4 amide bonds. The van der Waals surface area contributed by atoms with E-state index in [0.717, 1.165) is 5.56 Å². The molecule has 0 aromatic heterocycles. The molecule has 12 heteroatoms. The zero-order valence-electron chi connectivity index (χ0n) is 18.4. The van der Waals surface area contributed by atoms with E-state index < -0.39 is 60.7 Å². The topological polar surface area (TPSA) is 197 Å². The summed E-state index contributed by atoms with van der Waals surface area (Å²) in [5, 5.41) is 18.7. The summed E-state index contributed by atoms with van der Waals surface area (Å²) in [6.45, 7) is 0.720. The Hall–Kier alpha value is -3.80. The molecule has 0 saturated heterocycles. The number of benzene rings is 1. The van der Waals surface area contributed by atoms with Crippen molar-refractivity contribution in [3.05, 3.63) is 35.9 Å². The molecule has 180 valence electrons. The van der Waals surface area contributed by atoms with Crippen molar-refractivity contribution in [2.45, 2.75) is 44.3 Å². The summed E-state index contributed by atoms with van der Waals surface area (Å²) in [4.78, 5) is 71.0. The van der Waals surface area contributed by atoms with E-state index >= 15 is 0 Å². The van der Waals surface area contributed by atoms with Gasteiger partial charge in [-0.05, 0) is 26.0 Å². The number of Topliss-reactive ketones (excluding diaryl/α,β-unsaturated/α-hetero) is 1. The Kier molecular flexibility index (Phi) is 11.2. The van der Waals surface area contributed by atoms with Gasteiger partial charge in [0.2, 0.25) is 23.6 Å². The molecule has 0 heterocycles. The van der Waals surface area contributed by atoms with Crippen LogP contribution in [0.4, 0.5) is 0 Å². The zero-order chi connectivity index (χ0) is 25.0. The van der Waals surface area contributed by atoms with Crippen LogP contribution < -0.4 is 27.0 Å². The monoisotopic (exact) mass is 463 g/mol. The number of amides is 4. The highest BCUT2D eigenvalue weighted by Gasteiger charge is 2.28. The molecule has 0 fully saturated rings. The van der Waals surface area contributed by atoms with E-state index in [9.17, 15) is 28.8 Å². The van der Waals surface area contributed by atoms with Crippen LogP contribution in [0.5, 0.6) is 0 Å². The summed E-state index contributed by atoms with van der Waals surface area (Å²) in [6.07, 6.45) is -0.832. The van der Waals surface area contributed by atoms with Crippen LogP contribution in [0.3, 0.4) is 0 Å². The van der Waals surface area contributed by atoms with Crippen molar-refractivity contribution in [1.29, 1.82) is 0 Å². The highest BCUT2D eigenvalue weighted by Crippen LogP contribution is 2.05. The Balaban J connectivity index is 2.76. The van der Waals surface area contributed by atoms with Crippen LogP contribution in [0.15, 0.2) is 30.3 Å². The molecule has 1 aromatic rings. The first-order chi connectivity index (χ1) is 15.5. The van der Waals surface area contributed by atoms with E-state index in [-0.39, 0.29) is 18.6 Å². The van der Waals surface area contributed by atoms with E-state index in [0.29, 0.717) is 0 Å². The van der Waals surface area contributed by atoms with Gasteiger partial charge in [-0.15, -0.1) is 0 Å². The second-order valence-electron chi connectivity index (χ2n) is 7.31. The first-order valence-electron chi connectivity index (χ1n) is 10.1. The minimum absolute atomic E-state index is 0.191. The van der Waals surface area contributed by atoms with Crippen LogP contribution in [0.25, 0.3) is 0 Å². The largest absolute Gasteiger partial charge is 0.481 e. The first kappa shape index (κ1) is 27.2. The Morgan fingerprint density at radius 1 is 0.909 bits per heavy atom. The van der Waals surface area contributed by atoms with Gasteiger partial charge in [0.1, 0.15) is 6.04 Å². The van der Waals surface area contributed by atoms with Crippen LogP contribution in [0, 0.1) is 0 Å². The predicted molar refractivity (Wildman–Crippen MR) is 117 cm³/mol. The summed E-state index contributed by atoms with van der Waals surface area (Å²) in [7, 11) is 1.43. The number of rotatable bonds is 14. The number of aliphatic carboxylic acids is 1. The molecule has 0 aliphatic rings. The highest BCUT2D eigenvalue weighted by atomic mass is 16.4. The van der Waals surface area contributed by atoms with E-state index in [4.69, 9.17) is 10.8 Å². The lowest BCUT2D eigenvalue weighted by Crippen LogP contribution is -2.54. The van der Waals surface area contributed by atoms with Crippen molar-refractivity contribution in [3.63, 3.8) is 0 Å². The Bertz CT molecular complexity index is 875. The van der Waals surface area contributed by atoms with Gasteiger partial charge in [-0.25, -0.2) is 0 Å². The van der Waals surface area contributed by atoms with Crippen LogP contribution in [-0.2, 0) is 35.2 Å². The lowest BCUT2D eigenvalue weighted by molar-refractivity contribution is -0.141. The third-order valence-electron chi connectivity index (χ3n) is 4.61. The highest BCUT2D eigenvalue weighted by molar-refractivity contribution is 5.95. The van der Waals surface area contributed by atoms with Gasteiger partial charge < -0.3 is 32.1 Å². The summed E-state index contributed by atoms with van der Waals surface area (Å²) in [5.74, 6) is -4.77. The number of carboxylic acid groups (broad SMARTS) is 1. The number of carbonyl (C=O) groups is 6. The van der Waals surface area contributed by atoms with Gasteiger partial charge in [-0.1, -0.05) is 30.3 Å². The zero-order valence-corrected chi connectivity index (χ0v) is 18.4. The SMILES string of the molecule is CNC(CC(N)=O)C(=O)NCC(=O)NC(CC(=O)O)C(=O)NC(Cc1ccccc1)C(C)=O. The van der Waals surface area contributed by atoms with Gasteiger partial charge in [0.15, 0.2) is 5.78 Å². The molecule has 0 radical (unpaired) electrons. The Morgan fingerprint density at radius 3 is 2.06 bits per heavy atom. The quantitative estimate of drug-likeness (QED) is 0.179. The third-order valence-corrected chi connectivity index (χ3v) is 4.61. The molecule has 3 atom stereocenters. The van der Waals surface area contributed by atoms with Gasteiger partial charge in [-0.2, -0.15) is 0 Å². The molecule has 3 unspecified atom stereocenters. The number of carboxylic acids is 1. The number of nitrogens with two attached hydrogens (primary N) is 1. The second-order valence-corrected chi connectivity index (χ2v) is 7.31. The van der Waals surface area contributed by atoms with Crippen molar-refractivity contribution < 1.29 is 33.9 Å². The standard InChI is InChI=1S/C21H29N5O7/c1-12(27)14(8-13-6-4-3-5-7-13)26-21(33)16(10-19(30)31)25-18(29)11-24-20(32)15(23-2)9-17(22)28/h3-7,14-16,23H,8-11H2,1-2H3,(H2,22,28)(H,24,32)(H,25,29)(H,26,33)(H,30,31). The molecular weight excluding hydrogens is 434 g/mol. The molecular formula is C21H29N5O7. The number of nitrogens with one attached hydrogen (secondary N) is 4. The number of carbonyl (C=O) groups excluding carboxylic acids is 5. The summed E-state index contributed by atoms with van der Waals surface area (Å²) < 4.78 is 0. The molecule has 7 N–H and O–H groups in total. The van der Waals surface area contributed by atoms with Crippen LogP contribution in [0.1, 0.15) is 25.3 Å². The lowest BCUT2D eigenvalue weighted by atomic mass is 10.0. The van der Waals surface area contributed by atoms with Crippen molar-refractivity contribution in [1.82, 2.24) is 21.3 Å². The summed E-state index contributed by atoms with van der Waals surface area (Å²) in [5.41, 5.74) is 5.84. The minimum Gasteiger partial charge on any atom is -0.481 e. The maximum Gasteiger partial charge on any atom is 0.305 e. The van der Waals surface area contributed by atoms with E-state index in [1.807, 2.05) is 0 Å². The number of hydrogen-bond acceptors (Lipinski definition) is 7. The molecule has 1 aromatic carbocycles. The van der Waals surface area contributed by atoms with Gasteiger partial charge in [0.25, 0.3) is 0 Å². The van der Waals surface area contributed by atoms with Gasteiger partial charge in [-0.3, -0.25) is 28.8 Å².